The van der Waals surface area contributed by atoms with Crippen LogP contribution in [-0.4, -0.2) is 6.04 Å². The van der Waals surface area contributed by atoms with E-state index in [9.17, 15) is 8.78 Å². The number of aryl methyl sites for hydroxylation is 1. The zero-order valence-electron chi connectivity index (χ0n) is 10.9. The van der Waals surface area contributed by atoms with E-state index in [1.165, 1.54) is 17.7 Å². The highest BCUT2D eigenvalue weighted by atomic mass is 19.1. The molecule has 19 heavy (non-hydrogen) atoms. The van der Waals surface area contributed by atoms with Crippen molar-refractivity contribution < 1.29 is 8.78 Å². The van der Waals surface area contributed by atoms with Crippen molar-refractivity contribution in [2.45, 2.75) is 25.8 Å². The van der Waals surface area contributed by atoms with Crippen molar-refractivity contribution in [1.29, 1.82) is 0 Å². The van der Waals surface area contributed by atoms with Gasteiger partial charge in [0.1, 0.15) is 11.6 Å². The zero-order valence-corrected chi connectivity index (χ0v) is 10.9. The van der Waals surface area contributed by atoms with E-state index in [1.807, 2.05) is 25.1 Å². The van der Waals surface area contributed by atoms with Gasteiger partial charge in [0.2, 0.25) is 0 Å². The van der Waals surface area contributed by atoms with E-state index in [-0.39, 0.29) is 6.04 Å². The summed E-state index contributed by atoms with van der Waals surface area (Å²) in [5.74, 6) is -1.12. The maximum Gasteiger partial charge on any atom is 0.126 e. The summed E-state index contributed by atoms with van der Waals surface area (Å²) in [5.41, 5.74) is 8.96. The topological polar surface area (TPSA) is 26.0 Å². The van der Waals surface area contributed by atoms with Crippen LogP contribution in [0.3, 0.4) is 0 Å². The lowest BCUT2D eigenvalue weighted by molar-refractivity contribution is 0.574. The van der Waals surface area contributed by atoms with Crippen LogP contribution in [-0.2, 0) is 12.8 Å². The number of hydrogen-bond acceptors (Lipinski definition) is 1. The quantitative estimate of drug-likeness (QED) is 0.897. The van der Waals surface area contributed by atoms with Crippen LogP contribution in [0.4, 0.5) is 8.78 Å². The van der Waals surface area contributed by atoms with Crippen LogP contribution in [0.25, 0.3) is 0 Å². The first-order valence-corrected chi connectivity index (χ1v) is 6.29. The molecule has 2 rings (SSSR count). The molecule has 1 nitrogen and oxygen atoms in total. The first-order valence-electron chi connectivity index (χ1n) is 6.29. The standard InChI is InChI=1S/C16H17F2N/c1-11-3-2-4-12(5-11)8-16(19)9-13-6-14(17)10-15(18)7-13/h2-7,10,16H,8-9,19H2,1H3. The van der Waals surface area contributed by atoms with E-state index >= 15 is 0 Å². The van der Waals surface area contributed by atoms with Crippen LogP contribution in [0.1, 0.15) is 16.7 Å². The minimum absolute atomic E-state index is 0.150. The van der Waals surface area contributed by atoms with E-state index in [0.29, 0.717) is 18.4 Å². The van der Waals surface area contributed by atoms with Gasteiger partial charge in [-0.1, -0.05) is 29.8 Å². The first kappa shape index (κ1) is 13.7. The zero-order chi connectivity index (χ0) is 13.8. The Kier molecular flexibility index (Phi) is 4.27. The Morgan fingerprint density at radius 1 is 0.947 bits per heavy atom. The average Bonchev–Trinajstić information content (AvgIpc) is 2.26. The van der Waals surface area contributed by atoms with Gasteiger partial charge >= 0.3 is 0 Å². The highest BCUT2D eigenvalue weighted by Crippen LogP contribution is 2.12. The number of nitrogens with two attached hydrogens (primary N) is 1. The lowest BCUT2D eigenvalue weighted by Gasteiger charge is -2.12. The number of benzene rings is 2. The molecule has 0 saturated heterocycles. The van der Waals surface area contributed by atoms with Crippen LogP contribution >= 0.6 is 0 Å². The maximum atomic E-state index is 13.1. The van der Waals surface area contributed by atoms with Crippen molar-refractivity contribution in [3.05, 3.63) is 70.8 Å². The summed E-state index contributed by atoms with van der Waals surface area (Å²) in [6, 6.07) is 11.5. The van der Waals surface area contributed by atoms with Gasteiger partial charge in [-0.15, -0.1) is 0 Å². The Morgan fingerprint density at radius 3 is 2.21 bits per heavy atom. The first-order chi connectivity index (χ1) is 9.02. The van der Waals surface area contributed by atoms with Crippen LogP contribution in [0.2, 0.25) is 0 Å². The molecule has 0 heterocycles. The molecule has 0 aliphatic carbocycles. The van der Waals surface area contributed by atoms with Crippen molar-refractivity contribution >= 4 is 0 Å². The molecule has 0 aliphatic rings. The van der Waals surface area contributed by atoms with Crippen molar-refractivity contribution in [2.24, 2.45) is 5.73 Å². The minimum atomic E-state index is -0.558. The Hall–Kier alpha value is -1.74. The predicted molar refractivity (Wildman–Crippen MR) is 72.9 cm³/mol. The number of halogens is 2. The summed E-state index contributed by atoms with van der Waals surface area (Å²) in [6.07, 6.45) is 1.16. The van der Waals surface area contributed by atoms with Gasteiger partial charge in [-0.3, -0.25) is 0 Å². The van der Waals surface area contributed by atoms with Gasteiger partial charge in [0, 0.05) is 12.1 Å². The molecule has 3 heteroatoms. The summed E-state index contributed by atoms with van der Waals surface area (Å²) in [5, 5.41) is 0. The van der Waals surface area contributed by atoms with Crippen molar-refractivity contribution in [1.82, 2.24) is 0 Å². The number of rotatable bonds is 4. The Labute approximate surface area is 112 Å². The van der Waals surface area contributed by atoms with Crippen molar-refractivity contribution in [2.75, 3.05) is 0 Å². The Morgan fingerprint density at radius 2 is 1.58 bits per heavy atom. The minimum Gasteiger partial charge on any atom is -0.327 e. The molecule has 1 unspecified atom stereocenters. The van der Waals surface area contributed by atoms with Crippen LogP contribution in [0.5, 0.6) is 0 Å². The molecule has 2 N–H and O–H groups in total. The van der Waals surface area contributed by atoms with Gasteiger partial charge in [0.15, 0.2) is 0 Å². The van der Waals surface area contributed by atoms with E-state index in [0.717, 1.165) is 11.6 Å². The van der Waals surface area contributed by atoms with Crippen LogP contribution in [0.15, 0.2) is 42.5 Å². The molecule has 0 radical (unpaired) electrons. The fourth-order valence-corrected chi connectivity index (χ4v) is 2.25. The summed E-state index contributed by atoms with van der Waals surface area (Å²) < 4.78 is 26.2. The van der Waals surface area contributed by atoms with Crippen molar-refractivity contribution in [3.8, 4) is 0 Å². The highest BCUT2D eigenvalue weighted by molar-refractivity contribution is 5.24. The van der Waals surface area contributed by atoms with Gasteiger partial charge in [-0.05, 0) is 43.0 Å². The lowest BCUT2D eigenvalue weighted by atomic mass is 9.99. The summed E-state index contributed by atoms with van der Waals surface area (Å²) in [7, 11) is 0. The normalized spacial score (nSPS) is 12.4. The third kappa shape index (κ3) is 4.14. The number of hydrogen-bond donors (Lipinski definition) is 1. The average molecular weight is 261 g/mol. The second-order valence-electron chi connectivity index (χ2n) is 4.94. The Balaban J connectivity index is 2.03. The van der Waals surface area contributed by atoms with Gasteiger partial charge in [0.25, 0.3) is 0 Å². The van der Waals surface area contributed by atoms with E-state index in [2.05, 4.69) is 6.07 Å². The molecule has 0 saturated carbocycles. The monoisotopic (exact) mass is 261 g/mol. The van der Waals surface area contributed by atoms with E-state index in [1.54, 1.807) is 0 Å². The molecule has 1 atom stereocenters. The second-order valence-corrected chi connectivity index (χ2v) is 4.94. The van der Waals surface area contributed by atoms with Gasteiger partial charge in [-0.2, -0.15) is 0 Å². The largest absolute Gasteiger partial charge is 0.327 e. The molecule has 0 aromatic heterocycles. The fourth-order valence-electron chi connectivity index (χ4n) is 2.25. The predicted octanol–water partition coefficient (Wildman–Crippen LogP) is 3.39. The van der Waals surface area contributed by atoms with Crippen LogP contribution in [0, 0.1) is 18.6 Å². The highest BCUT2D eigenvalue weighted by Gasteiger charge is 2.08. The lowest BCUT2D eigenvalue weighted by Crippen LogP contribution is -2.25. The molecule has 0 spiro atoms. The van der Waals surface area contributed by atoms with Crippen molar-refractivity contribution in [3.63, 3.8) is 0 Å². The maximum absolute atomic E-state index is 13.1. The van der Waals surface area contributed by atoms with Gasteiger partial charge in [-0.25, -0.2) is 8.78 Å². The van der Waals surface area contributed by atoms with E-state index in [4.69, 9.17) is 5.73 Å². The molecule has 0 aliphatic heterocycles. The molecule has 0 fully saturated rings. The fraction of sp³-hybridized carbons (Fsp3) is 0.250. The molecule has 0 bridgehead atoms. The molecular formula is C16H17F2N. The Bertz CT molecular complexity index is 546. The molecule has 100 valence electrons. The smallest absolute Gasteiger partial charge is 0.126 e. The summed E-state index contributed by atoms with van der Waals surface area (Å²) in [4.78, 5) is 0. The summed E-state index contributed by atoms with van der Waals surface area (Å²) >= 11 is 0. The SMILES string of the molecule is Cc1cccc(CC(N)Cc2cc(F)cc(F)c2)c1. The molecular weight excluding hydrogens is 244 g/mol. The summed E-state index contributed by atoms with van der Waals surface area (Å²) in [6.45, 7) is 2.02. The van der Waals surface area contributed by atoms with E-state index < -0.39 is 11.6 Å². The second kappa shape index (κ2) is 5.93. The third-order valence-electron chi connectivity index (χ3n) is 3.00. The molecule has 2 aromatic rings. The van der Waals surface area contributed by atoms with Gasteiger partial charge in [0.05, 0.1) is 0 Å². The third-order valence-corrected chi connectivity index (χ3v) is 3.00. The molecule has 0 amide bonds. The van der Waals surface area contributed by atoms with Gasteiger partial charge < -0.3 is 5.73 Å². The van der Waals surface area contributed by atoms with Crippen LogP contribution < -0.4 is 5.73 Å². The molecule has 2 aromatic carbocycles.